The van der Waals surface area contributed by atoms with Gasteiger partial charge in [0.2, 0.25) is 0 Å². The molecule has 116 valence electrons. The van der Waals surface area contributed by atoms with Gasteiger partial charge in [-0.15, -0.1) is 0 Å². The van der Waals surface area contributed by atoms with E-state index in [1.165, 1.54) is 43.2 Å². The first kappa shape index (κ1) is 15.2. The Balaban J connectivity index is 2.10. The lowest BCUT2D eigenvalue weighted by Gasteiger charge is -2.38. The van der Waals surface area contributed by atoms with Gasteiger partial charge in [-0.05, 0) is 52.9 Å². The number of nitrogens with two attached hydrogens (primary N) is 1. The molecule has 1 aromatic carbocycles. The Morgan fingerprint density at radius 2 is 1.76 bits per heavy atom. The van der Waals surface area contributed by atoms with Gasteiger partial charge in [-0.25, -0.2) is 0 Å². The van der Waals surface area contributed by atoms with Crippen LogP contribution >= 0.6 is 15.9 Å². The Bertz CT molecular complexity index is 524. The number of halogens is 1. The minimum Gasteiger partial charge on any atom is -0.489 e. The normalized spacial score (nSPS) is 20.9. The number of hydrogen-bond acceptors (Lipinski definition) is 3. The second-order valence-corrected chi connectivity index (χ2v) is 7.14. The predicted octanol–water partition coefficient (Wildman–Crippen LogP) is 4.08. The lowest BCUT2D eigenvalue weighted by Crippen LogP contribution is -2.37. The summed E-state index contributed by atoms with van der Waals surface area (Å²) in [5.74, 6) is 1.77. The van der Waals surface area contributed by atoms with E-state index in [1.54, 1.807) is 0 Å². The van der Waals surface area contributed by atoms with Crippen LogP contribution in [-0.4, -0.2) is 19.8 Å². The maximum absolute atomic E-state index is 6.21. The molecule has 1 aliphatic heterocycles. The molecule has 2 N–H and O–H groups in total. The Labute approximate surface area is 135 Å². The molecule has 3 rings (SSSR count). The van der Waals surface area contributed by atoms with Gasteiger partial charge in [0.1, 0.15) is 0 Å². The summed E-state index contributed by atoms with van der Waals surface area (Å²) in [4.78, 5) is 0. The maximum Gasteiger partial charge on any atom is 0.175 e. The average Bonchev–Trinajstić information content (AvgIpc) is 2.78. The van der Waals surface area contributed by atoms with Crippen LogP contribution in [0.2, 0.25) is 0 Å². The van der Waals surface area contributed by atoms with Gasteiger partial charge in [0.05, 0.1) is 17.7 Å². The molecule has 4 heteroatoms. The summed E-state index contributed by atoms with van der Waals surface area (Å²) in [6.45, 7) is 4.30. The van der Waals surface area contributed by atoms with Gasteiger partial charge in [0.15, 0.2) is 11.5 Å². The van der Waals surface area contributed by atoms with Crippen LogP contribution in [0.4, 0.5) is 0 Å². The molecule has 1 saturated carbocycles. The topological polar surface area (TPSA) is 44.5 Å². The van der Waals surface area contributed by atoms with E-state index in [-0.39, 0.29) is 5.41 Å². The zero-order valence-corrected chi connectivity index (χ0v) is 14.3. The summed E-state index contributed by atoms with van der Waals surface area (Å²) < 4.78 is 12.8. The Kier molecular flexibility index (Phi) is 4.46. The van der Waals surface area contributed by atoms with E-state index in [0.717, 1.165) is 29.0 Å². The van der Waals surface area contributed by atoms with Crippen LogP contribution in [0.15, 0.2) is 10.5 Å². The number of fused-ring (bicyclic) bond motifs is 1. The van der Waals surface area contributed by atoms with Crippen molar-refractivity contribution in [3.05, 3.63) is 21.7 Å². The van der Waals surface area contributed by atoms with Crippen molar-refractivity contribution in [3.8, 4) is 11.5 Å². The molecule has 21 heavy (non-hydrogen) atoms. The molecular weight excluding hydrogens is 330 g/mol. The number of rotatable bonds is 2. The van der Waals surface area contributed by atoms with Crippen LogP contribution in [0.25, 0.3) is 0 Å². The molecule has 0 radical (unpaired) electrons. The zero-order chi connectivity index (χ0) is 14.9. The Morgan fingerprint density at radius 3 is 2.43 bits per heavy atom. The standard InChI is InChI=1S/C17H24BrNO2/c1-12-13(17(11-19)6-3-2-4-7-17)10-14(18)16-15(12)20-8-5-9-21-16/h10H,2-9,11,19H2,1H3. The highest BCUT2D eigenvalue weighted by atomic mass is 79.9. The van der Waals surface area contributed by atoms with Crippen LogP contribution in [0.1, 0.15) is 49.7 Å². The van der Waals surface area contributed by atoms with Crippen LogP contribution in [-0.2, 0) is 5.41 Å². The van der Waals surface area contributed by atoms with E-state index in [4.69, 9.17) is 15.2 Å². The first-order valence-corrected chi connectivity index (χ1v) is 8.76. The molecule has 1 heterocycles. The molecule has 0 amide bonds. The summed E-state index contributed by atoms with van der Waals surface area (Å²) in [6.07, 6.45) is 7.14. The minimum atomic E-state index is 0.107. The first-order valence-electron chi connectivity index (χ1n) is 7.97. The number of ether oxygens (including phenoxy) is 2. The molecule has 1 aromatic rings. The molecular formula is C17H24BrNO2. The highest BCUT2D eigenvalue weighted by Crippen LogP contribution is 2.48. The largest absolute Gasteiger partial charge is 0.489 e. The smallest absolute Gasteiger partial charge is 0.175 e. The SMILES string of the molecule is Cc1c(C2(CN)CCCCC2)cc(Br)c2c1OCCCO2. The number of hydrogen-bond donors (Lipinski definition) is 1. The van der Waals surface area contributed by atoms with Crippen LogP contribution in [0, 0.1) is 6.92 Å². The fourth-order valence-corrected chi connectivity index (χ4v) is 4.30. The quantitative estimate of drug-likeness (QED) is 0.870. The molecule has 1 fully saturated rings. The van der Waals surface area contributed by atoms with Crippen LogP contribution < -0.4 is 15.2 Å². The molecule has 0 atom stereocenters. The van der Waals surface area contributed by atoms with E-state index >= 15 is 0 Å². The third-order valence-corrected chi connectivity index (χ3v) is 5.58. The molecule has 0 saturated heterocycles. The van der Waals surface area contributed by atoms with Gasteiger partial charge in [0, 0.05) is 18.4 Å². The van der Waals surface area contributed by atoms with Gasteiger partial charge in [0.25, 0.3) is 0 Å². The van der Waals surface area contributed by atoms with Crippen molar-refractivity contribution in [1.82, 2.24) is 0 Å². The van der Waals surface area contributed by atoms with E-state index in [2.05, 4.69) is 28.9 Å². The van der Waals surface area contributed by atoms with E-state index in [0.29, 0.717) is 13.2 Å². The van der Waals surface area contributed by atoms with Crippen LogP contribution in [0.3, 0.4) is 0 Å². The van der Waals surface area contributed by atoms with Gasteiger partial charge in [-0.2, -0.15) is 0 Å². The van der Waals surface area contributed by atoms with E-state index in [9.17, 15) is 0 Å². The fraction of sp³-hybridized carbons (Fsp3) is 0.647. The molecule has 1 aliphatic carbocycles. The summed E-state index contributed by atoms with van der Waals surface area (Å²) in [5, 5.41) is 0. The third kappa shape index (κ3) is 2.68. The first-order chi connectivity index (χ1) is 10.2. The van der Waals surface area contributed by atoms with Gasteiger partial charge in [-0.3, -0.25) is 0 Å². The second-order valence-electron chi connectivity index (χ2n) is 6.28. The lowest BCUT2D eigenvalue weighted by atomic mass is 9.68. The molecule has 2 aliphatic rings. The Morgan fingerprint density at radius 1 is 1.10 bits per heavy atom. The van der Waals surface area contributed by atoms with Gasteiger partial charge < -0.3 is 15.2 Å². The van der Waals surface area contributed by atoms with Crippen molar-refractivity contribution < 1.29 is 9.47 Å². The van der Waals surface area contributed by atoms with Gasteiger partial charge in [-0.1, -0.05) is 19.3 Å². The minimum absolute atomic E-state index is 0.107. The summed E-state index contributed by atoms with van der Waals surface area (Å²) >= 11 is 3.68. The molecule has 3 nitrogen and oxygen atoms in total. The molecule has 0 spiro atoms. The second kappa shape index (κ2) is 6.17. The average molecular weight is 354 g/mol. The van der Waals surface area contributed by atoms with Crippen molar-refractivity contribution in [1.29, 1.82) is 0 Å². The van der Waals surface area contributed by atoms with Crippen molar-refractivity contribution in [3.63, 3.8) is 0 Å². The van der Waals surface area contributed by atoms with E-state index in [1.807, 2.05) is 0 Å². The molecule has 0 unspecified atom stereocenters. The third-order valence-electron chi connectivity index (χ3n) is 4.99. The lowest BCUT2D eigenvalue weighted by molar-refractivity contribution is 0.291. The zero-order valence-electron chi connectivity index (χ0n) is 12.7. The van der Waals surface area contributed by atoms with Crippen LogP contribution in [0.5, 0.6) is 11.5 Å². The summed E-state index contributed by atoms with van der Waals surface area (Å²) in [6, 6.07) is 2.22. The summed E-state index contributed by atoms with van der Waals surface area (Å²) in [7, 11) is 0. The maximum atomic E-state index is 6.21. The highest BCUT2D eigenvalue weighted by Gasteiger charge is 2.36. The van der Waals surface area contributed by atoms with Crippen molar-refractivity contribution in [2.45, 2.75) is 50.9 Å². The highest BCUT2D eigenvalue weighted by molar-refractivity contribution is 9.10. The fourth-order valence-electron chi connectivity index (χ4n) is 3.78. The van der Waals surface area contributed by atoms with E-state index < -0.39 is 0 Å². The van der Waals surface area contributed by atoms with Crippen molar-refractivity contribution >= 4 is 15.9 Å². The van der Waals surface area contributed by atoms with Gasteiger partial charge >= 0.3 is 0 Å². The van der Waals surface area contributed by atoms with Crippen molar-refractivity contribution in [2.75, 3.05) is 19.8 Å². The predicted molar refractivity (Wildman–Crippen MR) is 88.3 cm³/mol. The molecule has 0 bridgehead atoms. The summed E-state index contributed by atoms with van der Waals surface area (Å²) in [5.41, 5.74) is 8.87. The Hall–Kier alpha value is -0.740. The number of benzene rings is 1. The monoisotopic (exact) mass is 353 g/mol. The van der Waals surface area contributed by atoms with Crippen molar-refractivity contribution in [2.24, 2.45) is 5.73 Å². The molecule has 0 aromatic heterocycles.